The van der Waals surface area contributed by atoms with Gasteiger partial charge in [-0.15, -0.1) is 0 Å². The molecule has 1 aromatic rings. The quantitative estimate of drug-likeness (QED) is 0.741. The predicted octanol–water partition coefficient (Wildman–Crippen LogP) is 4.51. The van der Waals surface area contributed by atoms with Gasteiger partial charge in [0, 0.05) is 5.92 Å². The molecule has 2 rings (SSSR count). The van der Waals surface area contributed by atoms with Crippen LogP contribution in [0.15, 0.2) is 0 Å². The Hall–Kier alpha value is -0.150. The van der Waals surface area contributed by atoms with Crippen LogP contribution in [0.3, 0.4) is 0 Å². The minimum Gasteiger partial charge on any atom is -0.209 e. The molecule has 1 fully saturated rings. The summed E-state index contributed by atoms with van der Waals surface area (Å²) in [6.07, 6.45) is 5.11. The number of halogens is 1. The lowest BCUT2D eigenvalue weighted by Crippen LogP contribution is -2.25. The Morgan fingerprint density at radius 1 is 1.19 bits per heavy atom. The van der Waals surface area contributed by atoms with Crippen LogP contribution in [0.2, 0.25) is 5.28 Å². The van der Waals surface area contributed by atoms with Crippen LogP contribution < -0.4 is 0 Å². The van der Waals surface area contributed by atoms with Gasteiger partial charge in [-0.1, -0.05) is 20.8 Å². The average Bonchev–Trinajstić information content (AvgIpc) is 2.64. The number of rotatable bonds is 1. The number of hydrogen-bond donors (Lipinski definition) is 0. The standard InChI is InChI=1S/C12H19ClN2S/c1-12(2,3)9-6-4-8(5-7-9)10-14-11(13)15-16-10/h8-9H,4-7H2,1-3H3. The molecule has 0 amide bonds. The van der Waals surface area contributed by atoms with E-state index in [4.69, 9.17) is 11.6 Å². The molecule has 0 unspecified atom stereocenters. The molecule has 0 saturated heterocycles. The van der Waals surface area contributed by atoms with Crippen molar-refractivity contribution in [2.45, 2.75) is 52.4 Å². The Bertz CT molecular complexity index is 348. The second kappa shape index (κ2) is 4.61. The SMILES string of the molecule is CC(C)(C)C1CCC(c2nc(Cl)ns2)CC1. The van der Waals surface area contributed by atoms with Crippen molar-refractivity contribution in [2.24, 2.45) is 11.3 Å². The van der Waals surface area contributed by atoms with Gasteiger partial charge in [0.25, 0.3) is 0 Å². The van der Waals surface area contributed by atoms with Crippen LogP contribution >= 0.6 is 23.1 Å². The summed E-state index contributed by atoms with van der Waals surface area (Å²) in [6.45, 7) is 7.04. The van der Waals surface area contributed by atoms with Gasteiger partial charge in [0.1, 0.15) is 5.01 Å². The van der Waals surface area contributed by atoms with E-state index in [2.05, 4.69) is 30.1 Å². The van der Waals surface area contributed by atoms with E-state index in [0.717, 1.165) is 10.9 Å². The van der Waals surface area contributed by atoms with Crippen molar-refractivity contribution < 1.29 is 0 Å². The molecule has 0 aromatic carbocycles. The summed E-state index contributed by atoms with van der Waals surface area (Å²) in [4.78, 5) is 4.29. The highest BCUT2D eigenvalue weighted by Gasteiger charge is 2.31. The van der Waals surface area contributed by atoms with Gasteiger partial charge >= 0.3 is 0 Å². The largest absolute Gasteiger partial charge is 0.234 e. The van der Waals surface area contributed by atoms with Crippen molar-refractivity contribution in [1.29, 1.82) is 0 Å². The molecule has 0 bridgehead atoms. The van der Waals surface area contributed by atoms with Gasteiger partial charge < -0.3 is 0 Å². The zero-order valence-corrected chi connectivity index (χ0v) is 11.7. The first-order valence-corrected chi connectivity index (χ1v) is 7.11. The fourth-order valence-electron chi connectivity index (χ4n) is 2.59. The van der Waals surface area contributed by atoms with E-state index in [1.807, 2.05) is 0 Å². The van der Waals surface area contributed by atoms with E-state index in [-0.39, 0.29) is 0 Å². The third-order valence-corrected chi connectivity index (χ3v) is 4.86. The van der Waals surface area contributed by atoms with Crippen LogP contribution in [0.25, 0.3) is 0 Å². The Morgan fingerprint density at radius 3 is 2.25 bits per heavy atom. The molecule has 1 aromatic heterocycles. The van der Waals surface area contributed by atoms with E-state index in [0.29, 0.717) is 16.6 Å². The molecule has 1 aliphatic carbocycles. The Morgan fingerprint density at radius 2 is 1.81 bits per heavy atom. The highest BCUT2D eigenvalue weighted by molar-refractivity contribution is 7.05. The third kappa shape index (κ3) is 2.75. The fourth-order valence-corrected chi connectivity index (χ4v) is 3.55. The second-order valence-corrected chi connectivity index (χ2v) is 6.94. The molecule has 1 aliphatic rings. The van der Waals surface area contributed by atoms with Gasteiger partial charge in [0.15, 0.2) is 0 Å². The molecule has 0 N–H and O–H groups in total. The number of hydrogen-bond acceptors (Lipinski definition) is 3. The first kappa shape index (κ1) is 12.3. The van der Waals surface area contributed by atoms with Crippen molar-refractivity contribution in [2.75, 3.05) is 0 Å². The zero-order chi connectivity index (χ0) is 11.8. The first-order chi connectivity index (χ1) is 7.47. The smallest absolute Gasteiger partial charge is 0.209 e. The molecule has 2 nitrogen and oxygen atoms in total. The van der Waals surface area contributed by atoms with Gasteiger partial charge in [-0.2, -0.15) is 4.37 Å². The molecule has 0 aliphatic heterocycles. The van der Waals surface area contributed by atoms with E-state index in [1.165, 1.54) is 37.2 Å². The fraction of sp³-hybridized carbons (Fsp3) is 0.833. The van der Waals surface area contributed by atoms with Crippen molar-refractivity contribution in [3.63, 3.8) is 0 Å². The lowest BCUT2D eigenvalue weighted by atomic mass is 9.70. The summed E-state index contributed by atoms with van der Waals surface area (Å²) in [5, 5.41) is 1.55. The summed E-state index contributed by atoms with van der Waals surface area (Å²) < 4.78 is 4.06. The van der Waals surface area contributed by atoms with Crippen molar-refractivity contribution in [1.82, 2.24) is 9.36 Å². The first-order valence-electron chi connectivity index (χ1n) is 5.96. The van der Waals surface area contributed by atoms with Crippen molar-refractivity contribution in [3.05, 3.63) is 10.3 Å². The number of nitrogens with zero attached hydrogens (tertiary/aromatic N) is 2. The molecular weight excluding hydrogens is 240 g/mol. The van der Waals surface area contributed by atoms with Crippen LogP contribution in [0.4, 0.5) is 0 Å². The van der Waals surface area contributed by atoms with Crippen LogP contribution in [-0.4, -0.2) is 9.36 Å². The normalized spacial score (nSPS) is 27.0. The van der Waals surface area contributed by atoms with Crippen molar-refractivity contribution >= 4 is 23.1 Å². The minimum atomic E-state index is 0.415. The van der Waals surface area contributed by atoms with E-state index in [9.17, 15) is 0 Å². The molecule has 1 saturated carbocycles. The Kier molecular flexibility index (Phi) is 3.55. The summed E-state index contributed by atoms with van der Waals surface area (Å²) in [5.41, 5.74) is 0.448. The molecule has 16 heavy (non-hydrogen) atoms. The number of aromatic nitrogens is 2. The molecular formula is C12H19ClN2S. The van der Waals surface area contributed by atoms with Gasteiger partial charge in [-0.3, -0.25) is 0 Å². The highest BCUT2D eigenvalue weighted by atomic mass is 35.5. The lowest BCUT2D eigenvalue weighted by Gasteiger charge is -2.36. The van der Waals surface area contributed by atoms with E-state index in [1.54, 1.807) is 0 Å². The summed E-state index contributed by atoms with van der Waals surface area (Å²) >= 11 is 7.24. The van der Waals surface area contributed by atoms with Crippen LogP contribution in [0.1, 0.15) is 57.4 Å². The van der Waals surface area contributed by atoms with Crippen LogP contribution in [0.5, 0.6) is 0 Å². The average molecular weight is 259 g/mol. The van der Waals surface area contributed by atoms with Crippen molar-refractivity contribution in [3.8, 4) is 0 Å². The van der Waals surface area contributed by atoms with E-state index >= 15 is 0 Å². The molecule has 0 atom stereocenters. The van der Waals surface area contributed by atoms with Gasteiger partial charge in [-0.25, -0.2) is 4.98 Å². The lowest BCUT2D eigenvalue weighted by molar-refractivity contribution is 0.169. The predicted molar refractivity (Wildman–Crippen MR) is 69.1 cm³/mol. The Labute approximate surface area is 107 Å². The highest BCUT2D eigenvalue weighted by Crippen LogP contribution is 2.43. The topological polar surface area (TPSA) is 25.8 Å². The maximum Gasteiger partial charge on any atom is 0.234 e. The van der Waals surface area contributed by atoms with Crippen LogP contribution in [0, 0.1) is 11.3 Å². The summed E-state index contributed by atoms with van der Waals surface area (Å²) in [7, 11) is 0. The van der Waals surface area contributed by atoms with Crippen LogP contribution in [-0.2, 0) is 0 Å². The van der Waals surface area contributed by atoms with Gasteiger partial charge in [0.05, 0.1) is 0 Å². The zero-order valence-electron chi connectivity index (χ0n) is 10.2. The van der Waals surface area contributed by atoms with Gasteiger partial charge in [0.2, 0.25) is 5.28 Å². The maximum atomic E-state index is 5.77. The molecule has 90 valence electrons. The molecule has 4 heteroatoms. The summed E-state index contributed by atoms with van der Waals surface area (Å²) in [5.74, 6) is 1.45. The molecule has 1 heterocycles. The second-order valence-electron chi connectivity index (χ2n) is 5.82. The molecule has 0 radical (unpaired) electrons. The maximum absolute atomic E-state index is 5.77. The molecule has 0 spiro atoms. The third-order valence-electron chi connectivity index (χ3n) is 3.72. The summed E-state index contributed by atoms with van der Waals surface area (Å²) in [6, 6.07) is 0. The monoisotopic (exact) mass is 258 g/mol. The van der Waals surface area contributed by atoms with Gasteiger partial charge in [-0.05, 0) is 60.1 Å². The Balaban J connectivity index is 1.95. The van der Waals surface area contributed by atoms with E-state index < -0.39 is 0 Å². The minimum absolute atomic E-state index is 0.415.